The van der Waals surface area contributed by atoms with E-state index in [1.54, 1.807) is 31.7 Å². The van der Waals surface area contributed by atoms with Gasteiger partial charge in [0.25, 0.3) is 0 Å². The van der Waals surface area contributed by atoms with Gasteiger partial charge < -0.3 is 13.7 Å². The highest BCUT2D eigenvalue weighted by atomic mass is 16.5. The Hall–Kier alpha value is -3.87. The lowest BCUT2D eigenvalue weighted by atomic mass is 10.2. The lowest BCUT2D eigenvalue weighted by Crippen LogP contribution is -2.16. The number of hydrazone groups is 1. The van der Waals surface area contributed by atoms with Crippen molar-refractivity contribution in [3.63, 3.8) is 0 Å². The summed E-state index contributed by atoms with van der Waals surface area (Å²) in [7, 11) is 1.56. The third kappa shape index (κ3) is 3.50. The van der Waals surface area contributed by atoms with Crippen LogP contribution in [0.25, 0.3) is 16.8 Å². The number of amides is 1. The van der Waals surface area contributed by atoms with Gasteiger partial charge >= 0.3 is 5.91 Å². The molecule has 4 rings (SSSR count). The summed E-state index contributed by atoms with van der Waals surface area (Å²) in [6, 6.07) is 14.9. The fourth-order valence-corrected chi connectivity index (χ4v) is 3.28. The van der Waals surface area contributed by atoms with Gasteiger partial charge in [-0.15, -0.1) is 0 Å². The number of aromatic nitrogens is 2. The minimum absolute atomic E-state index is 0.167. The molecule has 146 valence electrons. The number of carbonyl (C=O) groups is 1. The smallest absolute Gasteiger partial charge is 0.307 e. The van der Waals surface area contributed by atoms with E-state index in [1.807, 2.05) is 54.8 Å². The molecule has 0 radical (unpaired) electrons. The second kappa shape index (κ2) is 7.63. The van der Waals surface area contributed by atoms with Gasteiger partial charge in [0.15, 0.2) is 17.1 Å². The number of aryl methyl sites for hydroxylation is 1. The summed E-state index contributed by atoms with van der Waals surface area (Å²) in [5.74, 6) is 1.15. The van der Waals surface area contributed by atoms with Crippen LogP contribution in [0, 0.1) is 13.8 Å². The van der Waals surface area contributed by atoms with Crippen LogP contribution in [0.5, 0.6) is 5.75 Å². The Bertz CT molecular complexity index is 1210. The molecule has 0 atom stereocenters. The van der Waals surface area contributed by atoms with E-state index in [9.17, 15) is 4.79 Å². The van der Waals surface area contributed by atoms with Crippen molar-refractivity contribution in [3.05, 3.63) is 77.4 Å². The number of carbonyl (C=O) groups excluding carboxylic acids is 1. The highest BCUT2D eigenvalue weighted by Gasteiger charge is 2.14. The number of hydrogen-bond donors (Lipinski definition) is 1. The molecule has 0 aliphatic rings. The van der Waals surface area contributed by atoms with Crippen LogP contribution in [0.15, 0.2) is 64.2 Å². The molecule has 1 aromatic carbocycles. The summed E-state index contributed by atoms with van der Waals surface area (Å²) >= 11 is 0. The molecule has 4 aromatic rings. The van der Waals surface area contributed by atoms with E-state index in [-0.39, 0.29) is 5.76 Å². The zero-order chi connectivity index (χ0) is 20.4. The first kappa shape index (κ1) is 18.5. The molecule has 0 spiro atoms. The Morgan fingerprint density at radius 2 is 2.07 bits per heavy atom. The van der Waals surface area contributed by atoms with Crippen LogP contribution in [0.2, 0.25) is 0 Å². The Balaban J connectivity index is 1.53. The van der Waals surface area contributed by atoms with E-state index in [4.69, 9.17) is 9.15 Å². The van der Waals surface area contributed by atoms with Crippen LogP contribution in [0.1, 0.15) is 27.5 Å². The number of ether oxygens (including phenoxy) is 1. The first-order valence-electron chi connectivity index (χ1n) is 9.09. The summed E-state index contributed by atoms with van der Waals surface area (Å²) in [6.45, 7) is 3.98. The number of para-hydroxylation sites is 1. The van der Waals surface area contributed by atoms with Gasteiger partial charge in [-0.3, -0.25) is 4.79 Å². The number of furan rings is 1. The summed E-state index contributed by atoms with van der Waals surface area (Å²) < 4.78 is 12.9. The largest absolute Gasteiger partial charge is 0.493 e. The second-order valence-corrected chi connectivity index (χ2v) is 6.54. The molecule has 29 heavy (non-hydrogen) atoms. The molecule has 0 aliphatic carbocycles. The predicted octanol–water partition coefficient (Wildman–Crippen LogP) is 4.01. The molecule has 0 saturated heterocycles. The summed E-state index contributed by atoms with van der Waals surface area (Å²) in [5.41, 5.74) is 5.94. The maximum Gasteiger partial charge on any atom is 0.307 e. The Kier molecular flexibility index (Phi) is 4.87. The first-order valence-corrected chi connectivity index (χ1v) is 9.09. The molecule has 0 aliphatic heterocycles. The third-order valence-electron chi connectivity index (χ3n) is 4.67. The lowest BCUT2D eigenvalue weighted by Gasteiger charge is -2.07. The van der Waals surface area contributed by atoms with Crippen LogP contribution in [0.4, 0.5) is 0 Å². The van der Waals surface area contributed by atoms with Gasteiger partial charge in [0, 0.05) is 28.5 Å². The third-order valence-corrected chi connectivity index (χ3v) is 4.67. The standard InChI is InChI=1S/C22H20N4O3/c1-14-11-17(15(2)26(14)20-9-4-5-10-23-20)13-24-25-22(27)19-12-16-7-6-8-18(28-3)21(16)29-19/h4-13H,1-3H3,(H,25,27). The van der Waals surface area contributed by atoms with Crippen LogP contribution < -0.4 is 10.2 Å². The van der Waals surface area contributed by atoms with Gasteiger partial charge in [-0.1, -0.05) is 18.2 Å². The molecular formula is C22H20N4O3. The van der Waals surface area contributed by atoms with E-state index in [2.05, 4.69) is 15.5 Å². The average Bonchev–Trinajstić information content (AvgIpc) is 3.29. The minimum atomic E-state index is -0.432. The highest BCUT2D eigenvalue weighted by Crippen LogP contribution is 2.28. The van der Waals surface area contributed by atoms with E-state index in [0.29, 0.717) is 11.3 Å². The zero-order valence-electron chi connectivity index (χ0n) is 16.3. The van der Waals surface area contributed by atoms with Gasteiger partial charge in [-0.05, 0) is 44.2 Å². The summed E-state index contributed by atoms with van der Waals surface area (Å²) in [6.07, 6.45) is 3.37. The van der Waals surface area contributed by atoms with Crippen molar-refractivity contribution in [3.8, 4) is 11.6 Å². The SMILES string of the molecule is COc1cccc2cc(C(=O)NN=Cc3cc(C)n(-c4ccccn4)c3C)oc12. The number of fused-ring (bicyclic) bond motifs is 1. The van der Waals surface area contributed by atoms with E-state index in [0.717, 1.165) is 28.2 Å². The zero-order valence-corrected chi connectivity index (χ0v) is 16.3. The molecule has 1 N–H and O–H groups in total. The number of rotatable bonds is 5. The normalized spacial score (nSPS) is 11.3. The van der Waals surface area contributed by atoms with Crippen molar-refractivity contribution >= 4 is 23.1 Å². The van der Waals surface area contributed by atoms with Crippen molar-refractivity contribution in [2.45, 2.75) is 13.8 Å². The fourth-order valence-electron chi connectivity index (χ4n) is 3.28. The maximum atomic E-state index is 12.4. The first-order chi connectivity index (χ1) is 14.1. The monoisotopic (exact) mass is 388 g/mol. The fraction of sp³-hybridized carbons (Fsp3) is 0.136. The molecule has 1 amide bonds. The molecule has 7 nitrogen and oxygen atoms in total. The van der Waals surface area contributed by atoms with Crippen LogP contribution in [-0.4, -0.2) is 28.8 Å². The highest BCUT2D eigenvalue weighted by molar-refractivity contribution is 5.97. The van der Waals surface area contributed by atoms with Crippen molar-refractivity contribution in [2.24, 2.45) is 5.10 Å². The van der Waals surface area contributed by atoms with Gasteiger partial charge in [0.1, 0.15) is 5.82 Å². The topological polar surface area (TPSA) is 81.6 Å². The van der Waals surface area contributed by atoms with Crippen molar-refractivity contribution in [1.82, 2.24) is 15.0 Å². The van der Waals surface area contributed by atoms with Gasteiger partial charge in [0.05, 0.1) is 13.3 Å². The minimum Gasteiger partial charge on any atom is -0.493 e. The van der Waals surface area contributed by atoms with Crippen molar-refractivity contribution in [2.75, 3.05) is 7.11 Å². The van der Waals surface area contributed by atoms with E-state index < -0.39 is 5.91 Å². The van der Waals surface area contributed by atoms with Crippen LogP contribution in [0.3, 0.4) is 0 Å². The summed E-state index contributed by atoms with van der Waals surface area (Å²) in [4.78, 5) is 16.8. The summed E-state index contributed by atoms with van der Waals surface area (Å²) in [5, 5.41) is 4.88. The second-order valence-electron chi connectivity index (χ2n) is 6.54. The number of pyridine rings is 1. The molecule has 3 heterocycles. The molecule has 0 fully saturated rings. The maximum absolute atomic E-state index is 12.4. The van der Waals surface area contributed by atoms with Crippen molar-refractivity contribution < 1.29 is 13.9 Å². The quantitative estimate of drug-likeness (QED) is 0.414. The molecule has 0 bridgehead atoms. The van der Waals surface area contributed by atoms with Crippen LogP contribution >= 0.6 is 0 Å². The average molecular weight is 388 g/mol. The Labute approximate surface area is 167 Å². The molecule has 3 aromatic heterocycles. The molecular weight excluding hydrogens is 368 g/mol. The number of nitrogens with zero attached hydrogens (tertiary/aromatic N) is 3. The van der Waals surface area contributed by atoms with Crippen LogP contribution in [-0.2, 0) is 0 Å². The van der Waals surface area contributed by atoms with Crippen molar-refractivity contribution in [1.29, 1.82) is 0 Å². The van der Waals surface area contributed by atoms with Gasteiger partial charge in [0.2, 0.25) is 0 Å². The number of benzene rings is 1. The molecule has 0 unspecified atom stereocenters. The number of methoxy groups -OCH3 is 1. The Morgan fingerprint density at radius 1 is 1.21 bits per heavy atom. The van der Waals surface area contributed by atoms with Gasteiger partial charge in [-0.2, -0.15) is 5.10 Å². The van der Waals surface area contributed by atoms with E-state index >= 15 is 0 Å². The number of hydrogen-bond acceptors (Lipinski definition) is 5. The predicted molar refractivity (Wildman–Crippen MR) is 111 cm³/mol. The molecule has 7 heteroatoms. The Morgan fingerprint density at radius 3 is 2.83 bits per heavy atom. The molecule has 0 saturated carbocycles. The number of nitrogens with one attached hydrogen (secondary N) is 1. The lowest BCUT2D eigenvalue weighted by molar-refractivity contribution is 0.0929. The van der Waals surface area contributed by atoms with Gasteiger partial charge in [-0.25, -0.2) is 10.4 Å². The van der Waals surface area contributed by atoms with E-state index in [1.165, 1.54) is 0 Å².